The van der Waals surface area contributed by atoms with Gasteiger partial charge in [0.15, 0.2) is 5.16 Å². The Morgan fingerprint density at radius 1 is 0.721 bits per heavy atom. The first-order valence-corrected chi connectivity index (χ1v) is 15.5. The van der Waals surface area contributed by atoms with Crippen LogP contribution in [0.25, 0.3) is 49.8 Å². The van der Waals surface area contributed by atoms with Gasteiger partial charge in [0.05, 0.1) is 27.8 Å². The summed E-state index contributed by atoms with van der Waals surface area (Å²) in [7, 11) is 0. The molecule has 0 N–H and O–H groups in total. The van der Waals surface area contributed by atoms with Crippen molar-refractivity contribution in [1.29, 1.82) is 0 Å². The summed E-state index contributed by atoms with van der Waals surface area (Å²) in [5.41, 5.74) is 13.2. The summed E-state index contributed by atoms with van der Waals surface area (Å²) in [6.45, 7) is 6.25. The summed E-state index contributed by atoms with van der Waals surface area (Å²) >= 11 is 1.85. The summed E-state index contributed by atoms with van der Waals surface area (Å²) in [6, 6.07) is 41.8. The van der Waals surface area contributed by atoms with Gasteiger partial charge in [0, 0.05) is 22.0 Å². The Morgan fingerprint density at radius 3 is 2.14 bits per heavy atom. The van der Waals surface area contributed by atoms with Crippen molar-refractivity contribution in [3.8, 4) is 11.4 Å². The molecule has 3 nitrogen and oxygen atoms in total. The van der Waals surface area contributed by atoms with Crippen LogP contribution in [0.5, 0.6) is 0 Å². The van der Waals surface area contributed by atoms with Gasteiger partial charge in [0.1, 0.15) is 4.75 Å². The average molecular weight is 570 g/mol. The Hall–Kier alpha value is -5.06. The highest BCUT2D eigenvalue weighted by Gasteiger charge is 2.52. The Balaban J connectivity index is 1.43. The van der Waals surface area contributed by atoms with Crippen LogP contribution in [-0.2, 0) is 4.75 Å². The number of hydrogen-bond acceptors (Lipinski definition) is 2. The molecule has 0 bridgehead atoms. The van der Waals surface area contributed by atoms with Crippen molar-refractivity contribution in [1.82, 2.24) is 14.1 Å². The fourth-order valence-corrected chi connectivity index (χ4v) is 9.00. The Kier molecular flexibility index (Phi) is 5.12. The highest BCUT2D eigenvalue weighted by atomic mass is 32.2. The molecule has 43 heavy (non-hydrogen) atoms. The lowest BCUT2D eigenvalue weighted by Gasteiger charge is -2.38. The van der Waals surface area contributed by atoms with Crippen LogP contribution in [0.4, 0.5) is 0 Å². The molecule has 0 radical (unpaired) electrons. The monoisotopic (exact) mass is 569 g/mol. The fourth-order valence-electron chi connectivity index (χ4n) is 7.40. The fraction of sp³-hybridized carbons (Fsp3) is 0.0513. The number of imidazole rings is 1. The van der Waals surface area contributed by atoms with Crippen LogP contribution in [0.3, 0.4) is 0 Å². The molecule has 1 aliphatic heterocycles. The summed E-state index contributed by atoms with van der Waals surface area (Å²) in [5, 5.41) is 3.53. The minimum Gasteiger partial charge on any atom is -0.309 e. The Bertz CT molecular complexity index is 2310. The van der Waals surface area contributed by atoms with Crippen molar-refractivity contribution in [2.45, 2.75) is 16.8 Å². The summed E-state index contributed by atoms with van der Waals surface area (Å²) in [6.07, 6.45) is 6.36. The van der Waals surface area contributed by atoms with E-state index < -0.39 is 4.75 Å². The first kappa shape index (κ1) is 24.5. The summed E-state index contributed by atoms with van der Waals surface area (Å²) in [5.74, 6) is 0. The molecule has 0 saturated heterocycles. The molecule has 4 heteroatoms. The minimum atomic E-state index is -0.471. The summed E-state index contributed by atoms with van der Waals surface area (Å²) in [4.78, 5) is 5.19. The first-order chi connectivity index (χ1) is 21.2. The molecule has 204 valence electrons. The van der Waals surface area contributed by atoms with Gasteiger partial charge in [-0.1, -0.05) is 109 Å². The Labute approximate surface area is 254 Å². The molecule has 1 atom stereocenters. The van der Waals surface area contributed by atoms with Crippen molar-refractivity contribution in [3.63, 3.8) is 0 Å². The SMILES string of the molecule is C=C/C=C1\C(=C/C)C2(Sc3nc4ccccc4n3-c3ccc(-n4c5ccccc5c5ccccc54)cc32)c2ccccc21. The van der Waals surface area contributed by atoms with Crippen molar-refractivity contribution in [3.05, 3.63) is 162 Å². The van der Waals surface area contributed by atoms with Crippen molar-refractivity contribution < 1.29 is 0 Å². The number of rotatable bonds is 2. The van der Waals surface area contributed by atoms with Gasteiger partial charge in [-0.2, -0.15) is 0 Å². The van der Waals surface area contributed by atoms with E-state index in [9.17, 15) is 0 Å². The van der Waals surface area contributed by atoms with Gasteiger partial charge in [-0.25, -0.2) is 4.98 Å². The van der Waals surface area contributed by atoms with Crippen LogP contribution in [0.15, 0.2) is 151 Å². The van der Waals surface area contributed by atoms with Crippen LogP contribution < -0.4 is 0 Å². The lowest BCUT2D eigenvalue weighted by Crippen LogP contribution is -2.29. The zero-order valence-electron chi connectivity index (χ0n) is 23.7. The molecule has 1 unspecified atom stereocenters. The third kappa shape index (κ3) is 3.13. The molecule has 0 saturated carbocycles. The zero-order valence-corrected chi connectivity index (χ0v) is 24.5. The van der Waals surface area contributed by atoms with Crippen LogP contribution in [-0.4, -0.2) is 14.1 Å². The van der Waals surface area contributed by atoms with Crippen molar-refractivity contribution in [2.75, 3.05) is 0 Å². The number of benzene rings is 5. The van der Waals surface area contributed by atoms with E-state index in [1.807, 2.05) is 17.8 Å². The van der Waals surface area contributed by atoms with Crippen LogP contribution in [0.2, 0.25) is 0 Å². The topological polar surface area (TPSA) is 22.8 Å². The minimum absolute atomic E-state index is 0.471. The highest BCUT2D eigenvalue weighted by Crippen LogP contribution is 2.64. The second-order valence-electron chi connectivity index (χ2n) is 11.1. The number of fused-ring (bicyclic) bond motifs is 11. The average Bonchev–Trinajstić information content (AvgIpc) is 3.68. The maximum absolute atomic E-state index is 5.19. The maximum Gasteiger partial charge on any atom is 0.175 e. The standard InChI is InChI=1S/C39H27N3S/c1-3-13-26-27-14-5-8-17-31(27)39(30(26)4-2)32-24-25(41-34-19-10-6-15-28(34)29-16-7-11-20-35(29)41)22-23-36(32)42-37-21-12-9-18-33(37)40-38(42)43-39/h3-24H,1H2,2H3/b26-13-,30-4+. The second kappa shape index (κ2) is 8.97. The van der Waals surface area contributed by atoms with E-state index in [4.69, 9.17) is 4.98 Å². The third-order valence-corrected chi connectivity index (χ3v) is 10.5. The van der Waals surface area contributed by atoms with Gasteiger partial charge in [0.25, 0.3) is 0 Å². The van der Waals surface area contributed by atoms with E-state index in [0.717, 1.165) is 21.9 Å². The van der Waals surface area contributed by atoms with E-state index in [1.165, 1.54) is 55.3 Å². The van der Waals surface area contributed by atoms with Crippen molar-refractivity contribution in [2.24, 2.45) is 0 Å². The number of thioether (sulfide) groups is 1. The molecule has 3 heterocycles. The molecule has 7 aromatic rings. The van der Waals surface area contributed by atoms with Gasteiger partial charge >= 0.3 is 0 Å². The molecule has 0 fully saturated rings. The normalized spacial score (nSPS) is 19.0. The van der Waals surface area contributed by atoms with Crippen LogP contribution in [0, 0.1) is 0 Å². The van der Waals surface area contributed by atoms with Crippen LogP contribution >= 0.6 is 11.8 Å². The summed E-state index contributed by atoms with van der Waals surface area (Å²) < 4.78 is 4.30. The molecule has 0 amide bonds. The number of allylic oxidation sites excluding steroid dienone is 4. The number of aromatic nitrogens is 3. The lowest BCUT2D eigenvalue weighted by atomic mass is 9.86. The van der Waals surface area contributed by atoms with Gasteiger partial charge < -0.3 is 4.57 Å². The highest BCUT2D eigenvalue weighted by molar-refractivity contribution is 8.00. The Morgan fingerprint density at radius 2 is 1.40 bits per heavy atom. The van der Waals surface area contributed by atoms with E-state index in [1.54, 1.807) is 0 Å². The quantitative estimate of drug-likeness (QED) is 0.207. The van der Waals surface area contributed by atoms with E-state index in [0.29, 0.717) is 0 Å². The van der Waals surface area contributed by atoms with Crippen LogP contribution in [0.1, 0.15) is 23.6 Å². The number of para-hydroxylation sites is 4. The van der Waals surface area contributed by atoms with E-state index in [2.05, 4.69) is 150 Å². The predicted octanol–water partition coefficient (Wildman–Crippen LogP) is 10.0. The molecule has 1 aliphatic carbocycles. The smallest absolute Gasteiger partial charge is 0.175 e. The maximum atomic E-state index is 5.19. The van der Waals surface area contributed by atoms with Gasteiger partial charge in [-0.3, -0.25) is 4.57 Å². The first-order valence-electron chi connectivity index (χ1n) is 14.6. The largest absolute Gasteiger partial charge is 0.309 e. The predicted molar refractivity (Wildman–Crippen MR) is 180 cm³/mol. The third-order valence-electron chi connectivity index (χ3n) is 9.05. The lowest BCUT2D eigenvalue weighted by molar-refractivity contribution is 0.810. The molecular weight excluding hydrogens is 543 g/mol. The van der Waals surface area contributed by atoms with Crippen molar-refractivity contribution >= 4 is 50.2 Å². The molecule has 9 rings (SSSR count). The molecule has 1 spiro atoms. The van der Waals surface area contributed by atoms with Gasteiger partial charge in [-0.05, 0) is 71.7 Å². The van der Waals surface area contributed by atoms with E-state index >= 15 is 0 Å². The van der Waals surface area contributed by atoms with Gasteiger partial charge in [-0.15, -0.1) is 0 Å². The number of nitrogens with zero attached hydrogens (tertiary/aromatic N) is 3. The number of hydrogen-bond donors (Lipinski definition) is 0. The zero-order chi connectivity index (χ0) is 28.7. The van der Waals surface area contributed by atoms with Gasteiger partial charge in [0.2, 0.25) is 0 Å². The second-order valence-corrected chi connectivity index (χ2v) is 12.3. The molecule has 2 aromatic heterocycles. The molecular formula is C39H27N3S. The molecule has 2 aliphatic rings. The molecule has 5 aromatic carbocycles. The van der Waals surface area contributed by atoms with E-state index in [-0.39, 0.29) is 0 Å².